The van der Waals surface area contributed by atoms with Crippen molar-refractivity contribution in [2.45, 2.75) is 26.0 Å². The smallest absolute Gasteiger partial charge is 0.335 e. The van der Waals surface area contributed by atoms with Gasteiger partial charge in [-0.1, -0.05) is 6.07 Å². The largest absolute Gasteiger partial charge is 0.478 e. The molecule has 1 aromatic carbocycles. The highest BCUT2D eigenvalue weighted by Crippen LogP contribution is 2.16. The molecule has 5 heteroatoms. The molecule has 1 aromatic rings. The zero-order valence-corrected chi connectivity index (χ0v) is 11.0. The minimum absolute atomic E-state index is 0.00260. The van der Waals surface area contributed by atoms with E-state index in [-0.39, 0.29) is 23.6 Å². The Bertz CT molecular complexity index is 500. The number of carboxylic acid groups (broad SMARTS) is 1. The van der Waals surface area contributed by atoms with E-state index < -0.39 is 5.97 Å². The summed E-state index contributed by atoms with van der Waals surface area (Å²) in [5.74, 6) is -1.18. The van der Waals surface area contributed by atoms with Crippen molar-refractivity contribution >= 4 is 11.9 Å². The van der Waals surface area contributed by atoms with Crippen LogP contribution in [-0.2, 0) is 4.74 Å². The summed E-state index contributed by atoms with van der Waals surface area (Å²) in [6.07, 6.45) is 0.00260. The van der Waals surface area contributed by atoms with Crippen LogP contribution in [0.3, 0.4) is 0 Å². The first kappa shape index (κ1) is 13.5. The van der Waals surface area contributed by atoms with Gasteiger partial charge in [-0.3, -0.25) is 4.79 Å². The van der Waals surface area contributed by atoms with E-state index in [0.717, 1.165) is 0 Å². The number of nitrogens with zero attached hydrogens (tertiary/aromatic N) is 1. The molecule has 19 heavy (non-hydrogen) atoms. The molecular formula is C14H17NO4. The molecule has 0 bridgehead atoms. The fourth-order valence-corrected chi connectivity index (χ4v) is 2.14. The quantitative estimate of drug-likeness (QED) is 0.880. The number of ether oxygens (including phenoxy) is 1. The molecule has 1 heterocycles. The van der Waals surface area contributed by atoms with Crippen molar-refractivity contribution in [3.63, 3.8) is 0 Å². The minimum atomic E-state index is -1.03. The molecule has 2 rings (SSSR count). The Morgan fingerprint density at radius 2 is 2.00 bits per heavy atom. The summed E-state index contributed by atoms with van der Waals surface area (Å²) >= 11 is 0. The van der Waals surface area contributed by atoms with Crippen molar-refractivity contribution in [3.8, 4) is 0 Å². The standard InChI is InChI=1S/C14H17NO4/c1-9-8-19-10(2)7-15(9)13(16)11-4-3-5-12(6-11)14(17)18/h3-6,9-10H,7-8H2,1-2H3,(H,17,18). The third-order valence-corrected chi connectivity index (χ3v) is 3.23. The van der Waals surface area contributed by atoms with Crippen LogP contribution in [0.15, 0.2) is 24.3 Å². The molecule has 1 aliphatic heterocycles. The van der Waals surface area contributed by atoms with Gasteiger partial charge in [0.05, 0.1) is 24.3 Å². The fourth-order valence-electron chi connectivity index (χ4n) is 2.14. The second kappa shape index (κ2) is 5.40. The van der Waals surface area contributed by atoms with E-state index in [0.29, 0.717) is 18.7 Å². The van der Waals surface area contributed by atoms with Gasteiger partial charge in [-0.2, -0.15) is 0 Å². The first-order valence-electron chi connectivity index (χ1n) is 6.25. The van der Waals surface area contributed by atoms with Crippen LogP contribution in [-0.4, -0.2) is 47.2 Å². The van der Waals surface area contributed by atoms with Gasteiger partial charge in [-0.05, 0) is 32.0 Å². The predicted octanol–water partition coefficient (Wildman–Crippen LogP) is 1.63. The van der Waals surface area contributed by atoms with E-state index in [1.54, 1.807) is 17.0 Å². The van der Waals surface area contributed by atoms with Crippen LogP contribution in [0.4, 0.5) is 0 Å². The molecule has 0 aliphatic carbocycles. The first-order valence-corrected chi connectivity index (χ1v) is 6.25. The Kier molecular flexibility index (Phi) is 3.85. The Balaban J connectivity index is 2.23. The summed E-state index contributed by atoms with van der Waals surface area (Å²) in [4.78, 5) is 25.1. The molecule has 0 radical (unpaired) electrons. The number of benzene rings is 1. The van der Waals surface area contributed by atoms with Crippen molar-refractivity contribution < 1.29 is 19.4 Å². The summed E-state index contributed by atoms with van der Waals surface area (Å²) < 4.78 is 5.48. The zero-order valence-electron chi connectivity index (χ0n) is 11.0. The van der Waals surface area contributed by atoms with Gasteiger partial charge in [-0.15, -0.1) is 0 Å². The second-order valence-corrected chi connectivity index (χ2v) is 4.84. The Morgan fingerprint density at radius 1 is 1.32 bits per heavy atom. The van der Waals surface area contributed by atoms with E-state index in [1.165, 1.54) is 12.1 Å². The lowest BCUT2D eigenvalue weighted by atomic mass is 10.1. The molecule has 1 aliphatic rings. The number of hydrogen-bond donors (Lipinski definition) is 1. The van der Waals surface area contributed by atoms with Crippen molar-refractivity contribution in [1.29, 1.82) is 0 Å². The molecule has 0 spiro atoms. The van der Waals surface area contributed by atoms with E-state index in [4.69, 9.17) is 9.84 Å². The van der Waals surface area contributed by atoms with Gasteiger partial charge in [0.2, 0.25) is 0 Å². The molecule has 1 saturated heterocycles. The number of morpholine rings is 1. The van der Waals surface area contributed by atoms with Crippen molar-refractivity contribution in [2.24, 2.45) is 0 Å². The van der Waals surface area contributed by atoms with Gasteiger partial charge >= 0.3 is 5.97 Å². The van der Waals surface area contributed by atoms with Gasteiger partial charge in [0.1, 0.15) is 0 Å². The van der Waals surface area contributed by atoms with E-state index in [1.807, 2.05) is 13.8 Å². The molecule has 102 valence electrons. The maximum absolute atomic E-state index is 12.4. The molecule has 5 nitrogen and oxygen atoms in total. The summed E-state index contributed by atoms with van der Waals surface area (Å²) in [7, 11) is 0. The lowest BCUT2D eigenvalue weighted by molar-refractivity contribution is -0.0387. The maximum atomic E-state index is 12.4. The maximum Gasteiger partial charge on any atom is 0.335 e. The fraction of sp³-hybridized carbons (Fsp3) is 0.429. The number of carbonyl (C=O) groups excluding carboxylic acids is 1. The molecular weight excluding hydrogens is 246 g/mol. The normalized spacial score (nSPS) is 23.2. The summed E-state index contributed by atoms with van der Waals surface area (Å²) in [6, 6.07) is 6.12. The van der Waals surface area contributed by atoms with Crippen LogP contribution in [0, 0.1) is 0 Å². The average molecular weight is 263 g/mol. The Hall–Kier alpha value is -1.88. The number of aromatic carboxylic acids is 1. The van der Waals surface area contributed by atoms with Gasteiger partial charge in [-0.25, -0.2) is 4.79 Å². The topological polar surface area (TPSA) is 66.8 Å². The SMILES string of the molecule is CC1CN(C(=O)c2cccc(C(=O)O)c2)C(C)CO1. The van der Waals surface area contributed by atoms with Gasteiger partial charge in [0.25, 0.3) is 5.91 Å². The summed E-state index contributed by atoms with van der Waals surface area (Å²) in [5, 5.41) is 8.95. The molecule has 2 atom stereocenters. The lowest BCUT2D eigenvalue weighted by Crippen LogP contribution is -2.50. The molecule has 1 amide bonds. The van der Waals surface area contributed by atoms with Gasteiger partial charge in [0.15, 0.2) is 0 Å². The highest BCUT2D eigenvalue weighted by Gasteiger charge is 2.28. The highest BCUT2D eigenvalue weighted by atomic mass is 16.5. The first-order chi connectivity index (χ1) is 8.99. The summed E-state index contributed by atoms with van der Waals surface area (Å²) in [5.41, 5.74) is 0.528. The van der Waals surface area contributed by atoms with E-state index in [9.17, 15) is 9.59 Å². The number of carboxylic acids is 1. The van der Waals surface area contributed by atoms with Crippen LogP contribution in [0.5, 0.6) is 0 Å². The van der Waals surface area contributed by atoms with Gasteiger partial charge in [0, 0.05) is 12.1 Å². The number of amides is 1. The predicted molar refractivity (Wildman–Crippen MR) is 69.3 cm³/mol. The van der Waals surface area contributed by atoms with Crippen molar-refractivity contribution in [2.75, 3.05) is 13.2 Å². The monoisotopic (exact) mass is 263 g/mol. The second-order valence-electron chi connectivity index (χ2n) is 4.84. The molecule has 1 fully saturated rings. The Labute approximate surface area is 111 Å². The van der Waals surface area contributed by atoms with Crippen LogP contribution in [0.2, 0.25) is 0 Å². The Morgan fingerprint density at radius 3 is 2.68 bits per heavy atom. The minimum Gasteiger partial charge on any atom is -0.478 e. The van der Waals surface area contributed by atoms with Crippen LogP contribution < -0.4 is 0 Å². The van der Waals surface area contributed by atoms with E-state index >= 15 is 0 Å². The molecule has 0 saturated carbocycles. The third-order valence-electron chi connectivity index (χ3n) is 3.23. The zero-order chi connectivity index (χ0) is 14.0. The number of rotatable bonds is 2. The average Bonchev–Trinajstić information content (AvgIpc) is 2.41. The number of carbonyl (C=O) groups is 2. The molecule has 2 unspecified atom stereocenters. The van der Waals surface area contributed by atoms with Crippen molar-refractivity contribution in [3.05, 3.63) is 35.4 Å². The van der Waals surface area contributed by atoms with Crippen molar-refractivity contribution in [1.82, 2.24) is 4.90 Å². The van der Waals surface area contributed by atoms with Crippen LogP contribution >= 0.6 is 0 Å². The number of hydrogen-bond acceptors (Lipinski definition) is 3. The van der Waals surface area contributed by atoms with Gasteiger partial charge < -0.3 is 14.7 Å². The van der Waals surface area contributed by atoms with Crippen LogP contribution in [0.1, 0.15) is 34.6 Å². The lowest BCUT2D eigenvalue weighted by Gasteiger charge is -2.36. The highest BCUT2D eigenvalue weighted by molar-refractivity contribution is 5.97. The third kappa shape index (κ3) is 2.93. The molecule has 0 aromatic heterocycles. The molecule has 1 N–H and O–H groups in total. The summed E-state index contributed by atoms with van der Waals surface area (Å²) in [6.45, 7) is 4.87. The van der Waals surface area contributed by atoms with Crippen LogP contribution in [0.25, 0.3) is 0 Å². The van der Waals surface area contributed by atoms with E-state index in [2.05, 4.69) is 0 Å².